The van der Waals surface area contributed by atoms with Crippen LogP contribution in [0.2, 0.25) is 0 Å². The average Bonchev–Trinajstić information content (AvgIpc) is 3.47. The minimum absolute atomic E-state index is 0.0145. The number of nitrogens with one attached hydrogen (secondary N) is 2. The first-order valence-electron chi connectivity index (χ1n) is 23.1. The number of aliphatic hydroxyl groups excluding tert-OH is 5. The van der Waals surface area contributed by atoms with Gasteiger partial charge in [0.2, 0.25) is 24.1 Å². The Balaban J connectivity index is 1.37. The molecule has 0 spiro atoms. The third-order valence-electron chi connectivity index (χ3n) is 12.8. The van der Waals surface area contributed by atoms with Crippen molar-refractivity contribution in [2.45, 2.75) is 115 Å². The number of fused-ring (bicyclic) bond motifs is 3. The van der Waals surface area contributed by atoms with E-state index in [-0.39, 0.29) is 65.6 Å². The number of hydrogen-bond donors (Lipinski definition) is 12. The first kappa shape index (κ1) is 53.1. The van der Waals surface area contributed by atoms with Gasteiger partial charge in [0, 0.05) is 61.6 Å². The van der Waals surface area contributed by atoms with Crippen molar-refractivity contribution in [3.8, 4) is 46.3 Å². The van der Waals surface area contributed by atoms with Gasteiger partial charge in [-0.25, -0.2) is 14.6 Å². The molecular formula is C49H64N4O17. The molecule has 0 unspecified atom stereocenters. The van der Waals surface area contributed by atoms with Crippen molar-refractivity contribution >= 4 is 23.6 Å². The molecule has 3 aromatic rings. The summed E-state index contributed by atoms with van der Waals surface area (Å²) in [6.07, 6.45) is -10.6. The van der Waals surface area contributed by atoms with Crippen LogP contribution in [-0.2, 0) is 28.7 Å². The van der Waals surface area contributed by atoms with Crippen LogP contribution in [0, 0.1) is 29.6 Å². The Morgan fingerprint density at radius 1 is 1.04 bits per heavy atom. The first-order chi connectivity index (χ1) is 33.3. The number of carbonyl (C=O) groups excluding carboxylic acids is 1. The predicted octanol–water partition coefficient (Wildman–Crippen LogP) is 1.75. The number of carboxylic acid groups (broad SMARTS) is 1. The molecule has 382 valence electrons. The van der Waals surface area contributed by atoms with Gasteiger partial charge < -0.3 is 90.7 Å². The highest BCUT2D eigenvalue weighted by atomic mass is 16.7. The van der Waals surface area contributed by atoms with Gasteiger partial charge in [0.1, 0.15) is 23.4 Å². The van der Waals surface area contributed by atoms with E-state index in [4.69, 9.17) is 39.3 Å². The summed E-state index contributed by atoms with van der Waals surface area (Å²) in [7, 11) is 1.19. The lowest BCUT2D eigenvalue weighted by Crippen LogP contribution is -2.69. The van der Waals surface area contributed by atoms with Gasteiger partial charge in [-0.1, -0.05) is 56.9 Å². The summed E-state index contributed by atoms with van der Waals surface area (Å²) in [5.74, 6) is -1.52. The molecule has 10 atom stereocenters. The number of aliphatic imine (C=N–C) groups is 1. The number of esters is 1. The molecule has 3 aliphatic rings. The number of guanidine groups is 1. The molecule has 3 aromatic carbocycles. The van der Waals surface area contributed by atoms with E-state index in [0.29, 0.717) is 25.8 Å². The van der Waals surface area contributed by atoms with Crippen molar-refractivity contribution in [1.82, 2.24) is 5.32 Å². The number of carboxylic acids is 1. The van der Waals surface area contributed by atoms with E-state index in [1.165, 1.54) is 7.11 Å². The number of aryl methyl sites for hydroxylation is 1. The second kappa shape index (κ2) is 23.1. The molecule has 13 N–H and O–H groups in total. The van der Waals surface area contributed by atoms with Crippen molar-refractivity contribution in [3.05, 3.63) is 64.2 Å². The zero-order chi connectivity index (χ0) is 51.0. The Morgan fingerprint density at radius 3 is 2.46 bits per heavy atom. The first-order valence-corrected chi connectivity index (χ1v) is 23.1. The lowest BCUT2D eigenvalue weighted by molar-refractivity contribution is -0.337. The van der Waals surface area contributed by atoms with Crippen LogP contribution in [0.5, 0.6) is 34.5 Å². The lowest BCUT2D eigenvalue weighted by Gasteiger charge is -2.48. The van der Waals surface area contributed by atoms with E-state index in [9.17, 15) is 50.4 Å². The average molecular weight is 981 g/mol. The highest BCUT2D eigenvalue weighted by Crippen LogP contribution is 2.49. The molecular weight excluding hydrogens is 917 g/mol. The summed E-state index contributed by atoms with van der Waals surface area (Å²) in [4.78, 5) is 30.9. The van der Waals surface area contributed by atoms with Gasteiger partial charge in [-0.15, -0.1) is 0 Å². The Bertz CT molecular complexity index is 2440. The van der Waals surface area contributed by atoms with Crippen molar-refractivity contribution in [2.75, 3.05) is 38.9 Å². The van der Waals surface area contributed by atoms with E-state index in [0.717, 1.165) is 29.7 Å². The highest BCUT2D eigenvalue weighted by Gasteiger charge is 2.59. The number of anilines is 1. The van der Waals surface area contributed by atoms with Gasteiger partial charge in [-0.2, -0.15) is 0 Å². The number of nitrogens with two attached hydrogens (primary N) is 1. The maximum Gasteiger partial charge on any atom is 0.344 e. The molecule has 6 rings (SSSR count). The van der Waals surface area contributed by atoms with Gasteiger partial charge in [0.25, 0.3) is 0 Å². The molecule has 21 heteroatoms. The predicted molar refractivity (Wildman–Crippen MR) is 251 cm³/mol. The maximum absolute atomic E-state index is 13.8. The number of aromatic hydroxyl groups is 2. The molecule has 70 heavy (non-hydrogen) atoms. The number of hydrogen-bond acceptors (Lipinski definition) is 18. The van der Waals surface area contributed by atoms with Crippen LogP contribution >= 0.6 is 0 Å². The number of rotatable bonds is 19. The maximum atomic E-state index is 13.8. The number of phenolic OH excluding ortho intramolecular Hbond substituents is 2. The number of aliphatic hydroxyl groups is 6. The fourth-order valence-corrected chi connectivity index (χ4v) is 8.83. The molecule has 21 nitrogen and oxygen atoms in total. The Morgan fingerprint density at radius 2 is 1.77 bits per heavy atom. The number of carbonyl (C=O) groups is 2. The Hall–Kier alpha value is -6.25. The molecule has 1 fully saturated rings. The summed E-state index contributed by atoms with van der Waals surface area (Å²) in [6.45, 7) is 7.19. The molecule has 1 saturated heterocycles. The van der Waals surface area contributed by atoms with Crippen molar-refractivity contribution in [3.63, 3.8) is 0 Å². The number of nitrogens with zero attached hydrogens (tertiary/aromatic N) is 1. The fraction of sp³-hybridized carbons (Fsp3) is 0.531. The van der Waals surface area contributed by atoms with E-state index < -0.39 is 108 Å². The molecule has 3 heterocycles. The van der Waals surface area contributed by atoms with E-state index in [1.807, 2.05) is 31.2 Å². The summed E-state index contributed by atoms with van der Waals surface area (Å²) < 4.78 is 34.6. The smallest absolute Gasteiger partial charge is 0.344 e. The van der Waals surface area contributed by atoms with E-state index >= 15 is 0 Å². The SMILES string of the molecule is CCc1cccc(CCOc2c(O)c(OC)cc(C(=O)O[C@H](O)[C@H]3O[C@H]4Oc5c(OCN=C(N)NCCCCO)cc(C(=O)O)c6c5C[C@H](C#CC[C@](O)([C@@H]3O)[C@H]4O)[C@H]([C@H](O)C(C)C)[C@H](C)N6)c2O)c1. The molecule has 0 radical (unpaired) electrons. The molecule has 3 aliphatic heterocycles. The third-order valence-corrected chi connectivity index (χ3v) is 12.8. The normalized spacial score (nSPS) is 24.8. The van der Waals surface area contributed by atoms with Crippen molar-refractivity contribution in [1.29, 1.82) is 0 Å². The van der Waals surface area contributed by atoms with Crippen LogP contribution in [0.3, 0.4) is 0 Å². The summed E-state index contributed by atoms with van der Waals surface area (Å²) in [6, 6.07) is 9.17. The number of phenols is 2. The largest absolute Gasteiger partial charge is 0.504 e. The van der Waals surface area contributed by atoms with Crippen LogP contribution < -0.4 is 35.3 Å². The number of aromatic carboxylic acids is 1. The van der Waals surface area contributed by atoms with Crippen LogP contribution in [-0.4, -0.2) is 146 Å². The van der Waals surface area contributed by atoms with E-state index in [2.05, 4.69) is 27.5 Å². The minimum atomic E-state index is -2.70. The second-order valence-electron chi connectivity index (χ2n) is 17.8. The van der Waals surface area contributed by atoms with Crippen molar-refractivity contribution in [2.24, 2.45) is 28.5 Å². The monoisotopic (exact) mass is 980 g/mol. The van der Waals surface area contributed by atoms with Crippen LogP contribution in [0.4, 0.5) is 5.69 Å². The van der Waals surface area contributed by atoms with Crippen molar-refractivity contribution < 1.29 is 84.0 Å². The standard InChI is InChI=1S/C49H64N4O17/c1-6-26-11-9-12-27(19-26)14-18-66-40-37(56)31(22-32(65-5)38(40)57)45(62)70-46(63)41-42(58)49(64)15-10-13-28-20-29-35(53-25(4)34(28)36(55)24(2)3)30(44(60)61)21-33(39(29)68-47(69-41)43(49)59)67-23-52-48(50)51-16-7-8-17-54/h9,11-12,19,21-22,24-25,28,34,36,41-43,46-47,53-59,63-64H,6-8,14-18,20,23H2,1-5H3,(H,60,61)(H3,50,51,52)/t25-,28-,34+,36+,41-,42+,43-,46-,47+,49-/m0/s1. The van der Waals surface area contributed by atoms with Crippen LogP contribution in [0.1, 0.15) is 84.4 Å². The topological polar surface area (TPSA) is 334 Å². The number of ether oxygens (including phenoxy) is 6. The minimum Gasteiger partial charge on any atom is -0.504 e. The molecule has 0 aromatic heterocycles. The molecule has 0 amide bonds. The molecule has 4 bridgehead atoms. The van der Waals surface area contributed by atoms with Gasteiger partial charge in [-0.05, 0) is 49.7 Å². The van der Waals surface area contributed by atoms with Gasteiger partial charge in [0.15, 0.2) is 41.8 Å². The summed E-state index contributed by atoms with van der Waals surface area (Å²) in [5.41, 5.74) is 4.61. The van der Waals surface area contributed by atoms with Gasteiger partial charge in [-0.3, -0.25) is 0 Å². The zero-order valence-electron chi connectivity index (χ0n) is 39.6. The fourth-order valence-electron chi connectivity index (χ4n) is 8.83. The summed E-state index contributed by atoms with van der Waals surface area (Å²) in [5, 5.41) is 107. The van der Waals surface area contributed by atoms with Gasteiger partial charge in [0.05, 0.1) is 31.1 Å². The number of unbranched alkanes of at least 4 members (excludes halogenated alkanes) is 1. The Kier molecular flexibility index (Phi) is 17.5. The Labute approximate surface area is 404 Å². The summed E-state index contributed by atoms with van der Waals surface area (Å²) >= 11 is 0. The highest BCUT2D eigenvalue weighted by molar-refractivity contribution is 5.97. The van der Waals surface area contributed by atoms with Gasteiger partial charge >= 0.3 is 11.9 Å². The molecule has 0 saturated carbocycles. The second-order valence-corrected chi connectivity index (χ2v) is 17.8. The third kappa shape index (κ3) is 11.5. The number of benzene rings is 3. The van der Waals surface area contributed by atoms with Crippen LogP contribution in [0.25, 0.3) is 0 Å². The zero-order valence-corrected chi connectivity index (χ0v) is 39.6. The quantitative estimate of drug-likeness (QED) is 0.0203. The lowest BCUT2D eigenvalue weighted by atomic mass is 9.76. The van der Waals surface area contributed by atoms with Crippen LogP contribution in [0.15, 0.2) is 41.4 Å². The number of methoxy groups -OCH3 is 1. The molecule has 0 aliphatic carbocycles. The van der Waals surface area contributed by atoms with E-state index in [1.54, 1.807) is 20.8 Å².